The lowest BCUT2D eigenvalue weighted by molar-refractivity contribution is 0.461. The summed E-state index contributed by atoms with van der Waals surface area (Å²) in [7, 11) is 5.94. The van der Waals surface area contributed by atoms with Gasteiger partial charge in [-0.25, -0.2) is 4.98 Å². The molecule has 6 nitrogen and oxygen atoms in total. The maximum absolute atomic E-state index is 4.52. The number of imidazole rings is 1. The Kier molecular flexibility index (Phi) is 6.30. The quantitative estimate of drug-likeness (QED) is 0.518. The fourth-order valence-electron chi connectivity index (χ4n) is 3.14. The Balaban J connectivity index is 1.53. The van der Waals surface area contributed by atoms with E-state index in [1.54, 1.807) is 0 Å². The van der Waals surface area contributed by atoms with E-state index in [1.807, 2.05) is 25.5 Å². The molecule has 1 N–H and O–H groups in total. The third-order valence-corrected chi connectivity index (χ3v) is 4.65. The number of guanidine groups is 1. The Hall–Kier alpha value is -3.02. The second kappa shape index (κ2) is 9.07. The largest absolute Gasteiger partial charge is 0.356 e. The van der Waals surface area contributed by atoms with E-state index in [4.69, 9.17) is 0 Å². The molecule has 0 aliphatic heterocycles. The number of aromatic nitrogens is 3. The predicted octanol–water partition coefficient (Wildman–Crippen LogP) is 2.52. The highest BCUT2D eigenvalue weighted by molar-refractivity contribution is 5.79. The smallest absolute Gasteiger partial charge is 0.193 e. The number of rotatable bonds is 7. The summed E-state index contributed by atoms with van der Waals surface area (Å²) in [5.41, 5.74) is 2.53. The minimum atomic E-state index is 0.788. The van der Waals surface area contributed by atoms with Gasteiger partial charge in [-0.1, -0.05) is 30.3 Å². The molecule has 1 aromatic carbocycles. The molecule has 0 fully saturated rings. The van der Waals surface area contributed by atoms with Crippen molar-refractivity contribution >= 4 is 5.96 Å². The second-order valence-electron chi connectivity index (χ2n) is 6.65. The van der Waals surface area contributed by atoms with E-state index in [9.17, 15) is 0 Å². The Labute approximate surface area is 161 Å². The fraction of sp³-hybridized carbons (Fsp3) is 0.333. The molecule has 0 bridgehead atoms. The molecule has 0 radical (unpaired) electrons. The molecule has 3 aromatic rings. The number of nitrogens with one attached hydrogen (secondary N) is 1. The van der Waals surface area contributed by atoms with Crippen LogP contribution in [0.5, 0.6) is 0 Å². The molecule has 0 saturated heterocycles. The van der Waals surface area contributed by atoms with Gasteiger partial charge in [-0.15, -0.1) is 0 Å². The Bertz CT molecular complexity index is 862. The van der Waals surface area contributed by atoms with Crippen molar-refractivity contribution in [1.82, 2.24) is 24.3 Å². The molecule has 0 amide bonds. The number of hydrogen-bond donors (Lipinski definition) is 1. The topological polar surface area (TPSA) is 50.4 Å². The first-order valence-corrected chi connectivity index (χ1v) is 9.23. The highest BCUT2D eigenvalue weighted by Crippen LogP contribution is 2.06. The van der Waals surface area contributed by atoms with Gasteiger partial charge in [-0.2, -0.15) is 0 Å². The van der Waals surface area contributed by atoms with E-state index in [-0.39, 0.29) is 0 Å². The van der Waals surface area contributed by atoms with Crippen LogP contribution in [0.2, 0.25) is 0 Å². The maximum Gasteiger partial charge on any atom is 0.193 e. The van der Waals surface area contributed by atoms with E-state index in [0.29, 0.717) is 0 Å². The van der Waals surface area contributed by atoms with Crippen molar-refractivity contribution < 1.29 is 0 Å². The van der Waals surface area contributed by atoms with Crippen molar-refractivity contribution in [2.24, 2.45) is 12.0 Å². The van der Waals surface area contributed by atoms with E-state index in [1.165, 1.54) is 11.3 Å². The van der Waals surface area contributed by atoms with Gasteiger partial charge >= 0.3 is 0 Å². The maximum atomic E-state index is 4.52. The molecular formula is C21H28N6. The zero-order valence-electron chi connectivity index (χ0n) is 16.3. The monoisotopic (exact) mass is 364 g/mol. The van der Waals surface area contributed by atoms with Crippen LogP contribution < -0.4 is 5.32 Å². The lowest BCUT2D eigenvalue weighted by atomic mass is 10.2. The summed E-state index contributed by atoms with van der Waals surface area (Å²) >= 11 is 0. The summed E-state index contributed by atoms with van der Waals surface area (Å²) < 4.78 is 4.33. The second-order valence-corrected chi connectivity index (χ2v) is 6.65. The van der Waals surface area contributed by atoms with Crippen molar-refractivity contribution in [2.75, 3.05) is 20.6 Å². The standard InChI is InChI=1S/C21H28N6/c1-22-21(26(3)17-19-10-7-14-25(19)2)24-12-11-20-23-13-15-27(20)16-18-8-5-4-6-9-18/h4-10,13-15H,11-12,16-17H2,1-3H3,(H,22,24). The van der Waals surface area contributed by atoms with Crippen LogP contribution in [-0.4, -0.2) is 45.6 Å². The third-order valence-electron chi connectivity index (χ3n) is 4.65. The van der Waals surface area contributed by atoms with E-state index in [0.717, 1.165) is 37.8 Å². The lowest BCUT2D eigenvalue weighted by Crippen LogP contribution is -2.39. The van der Waals surface area contributed by atoms with E-state index in [2.05, 4.69) is 86.0 Å². The molecule has 3 rings (SSSR count). The number of aliphatic imine (C=N–C) groups is 1. The van der Waals surface area contributed by atoms with Crippen LogP contribution in [-0.2, 0) is 26.6 Å². The van der Waals surface area contributed by atoms with E-state index < -0.39 is 0 Å². The van der Waals surface area contributed by atoms with Crippen LogP contribution in [0, 0.1) is 0 Å². The van der Waals surface area contributed by atoms with Gasteiger partial charge in [-0.3, -0.25) is 4.99 Å². The molecule has 0 spiro atoms. The summed E-state index contributed by atoms with van der Waals surface area (Å²) in [6, 6.07) is 14.7. The Morgan fingerprint density at radius 1 is 1.15 bits per heavy atom. The van der Waals surface area contributed by atoms with Gasteiger partial charge in [0.05, 0.1) is 6.54 Å². The van der Waals surface area contributed by atoms with Gasteiger partial charge in [-0.05, 0) is 17.7 Å². The third kappa shape index (κ3) is 5.00. The van der Waals surface area contributed by atoms with Crippen molar-refractivity contribution in [3.8, 4) is 0 Å². The first kappa shape index (κ1) is 18.8. The summed E-state index contributed by atoms with van der Waals surface area (Å²) in [6.07, 6.45) is 6.82. The molecular weight excluding hydrogens is 336 g/mol. The minimum Gasteiger partial charge on any atom is -0.356 e. The minimum absolute atomic E-state index is 0.788. The van der Waals surface area contributed by atoms with Gasteiger partial charge in [0.1, 0.15) is 5.82 Å². The van der Waals surface area contributed by atoms with Crippen LogP contribution in [0.15, 0.2) is 66.0 Å². The van der Waals surface area contributed by atoms with Crippen LogP contribution in [0.4, 0.5) is 0 Å². The van der Waals surface area contributed by atoms with Gasteiger partial charge < -0.3 is 19.4 Å². The Morgan fingerprint density at radius 3 is 2.67 bits per heavy atom. The molecule has 6 heteroatoms. The summed E-state index contributed by atoms with van der Waals surface area (Å²) in [4.78, 5) is 11.1. The van der Waals surface area contributed by atoms with Gasteiger partial charge in [0, 0.05) is 64.9 Å². The first-order chi connectivity index (χ1) is 13.2. The molecule has 0 saturated carbocycles. The lowest BCUT2D eigenvalue weighted by Gasteiger charge is -2.22. The summed E-state index contributed by atoms with van der Waals surface area (Å²) in [6.45, 7) is 2.44. The van der Waals surface area contributed by atoms with Crippen molar-refractivity contribution in [3.05, 3.63) is 78.1 Å². The fourth-order valence-corrected chi connectivity index (χ4v) is 3.14. The molecule has 2 aromatic heterocycles. The molecule has 27 heavy (non-hydrogen) atoms. The molecule has 2 heterocycles. The average Bonchev–Trinajstić information content (AvgIpc) is 3.28. The van der Waals surface area contributed by atoms with Crippen molar-refractivity contribution in [2.45, 2.75) is 19.5 Å². The highest BCUT2D eigenvalue weighted by Gasteiger charge is 2.09. The summed E-state index contributed by atoms with van der Waals surface area (Å²) in [5.74, 6) is 1.96. The van der Waals surface area contributed by atoms with Crippen LogP contribution in [0.25, 0.3) is 0 Å². The normalized spacial score (nSPS) is 11.6. The number of benzene rings is 1. The van der Waals surface area contributed by atoms with Crippen LogP contribution in [0.1, 0.15) is 17.1 Å². The summed E-state index contributed by atoms with van der Waals surface area (Å²) in [5, 5.41) is 3.44. The van der Waals surface area contributed by atoms with Crippen molar-refractivity contribution in [1.29, 1.82) is 0 Å². The highest BCUT2D eigenvalue weighted by atomic mass is 15.3. The zero-order chi connectivity index (χ0) is 19.1. The molecule has 0 atom stereocenters. The van der Waals surface area contributed by atoms with Gasteiger partial charge in [0.15, 0.2) is 5.96 Å². The average molecular weight is 364 g/mol. The molecule has 0 aliphatic carbocycles. The van der Waals surface area contributed by atoms with E-state index >= 15 is 0 Å². The van der Waals surface area contributed by atoms with Gasteiger partial charge in [0.25, 0.3) is 0 Å². The first-order valence-electron chi connectivity index (χ1n) is 9.23. The van der Waals surface area contributed by atoms with Crippen molar-refractivity contribution in [3.63, 3.8) is 0 Å². The molecule has 0 unspecified atom stereocenters. The zero-order valence-corrected chi connectivity index (χ0v) is 16.3. The molecule has 142 valence electrons. The molecule has 0 aliphatic rings. The Morgan fingerprint density at radius 2 is 1.96 bits per heavy atom. The van der Waals surface area contributed by atoms with Gasteiger partial charge in [0.2, 0.25) is 0 Å². The van der Waals surface area contributed by atoms with Crippen LogP contribution in [0.3, 0.4) is 0 Å². The number of nitrogens with zero attached hydrogens (tertiary/aromatic N) is 5. The van der Waals surface area contributed by atoms with Crippen LogP contribution >= 0.6 is 0 Å². The number of aryl methyl sites for hydroxylation is 1. The predicted molar refractivity (Wildman–Crippen MR) is 110 cm³/mol. The SMILES string of the molecule is CN=C(NCCc1nccn1Cc1ccccc1)N(C)Cc1cccn1C. The number of hydrogen-bond acceptors (Lipinski definition) is 2.